The van der Waals surface area contributed by atoms with E-state index < -0.39 is 16.3 Å². The standard InChI is InChI=1S/C9H11F5OS/c1-7(2)8-3-5-9(6-4-8)15-16(10,11,12,13)14/h3-7H,1-2H3. The van der Waals surface area contributed by atoms with Crippen LogP contribution in [0.2, 0.25) is 0 Å². The van der Waals surface area contributed by atoms with Crippen molar-refractivity contribution in [3.63, 3.8) is 0 Å². The van der Waals surface area contributed by atoms with Gasteiger partial charge in [0, 0.05) is 0 Å². The number of hydrogen-bond donors (Lipinski definition) is 0. The Hall–Kier alpha value is -0.980. The first-order chi connectivity index (χ1) is 6.86. The van der Waals surface area contributed by atoms with E-state index in [1.165, 1.54) is 12.1 Å². The summed E-state index contributed by atoms with van der Waals surface area (Å²) in [4.78, 5) is 0. The Morgan fingerprint density at radius 1 is 0.938 bits per heavy atom. The van der Waals surface area contributed by atoms with Crippen molar-refractivity contribution in [2.75, 3.05) is 0 Å². The number of halogens is 5. The van der Waals surface area contributed by atoms with Crippen molar-refractivity contribution in [3.05, 3.63) is 29.8 Å². The van der Waals surface area contributed by atoms with Gasteiger partial charge in [-0.15, -0.1) is 0 Å². The minimum atomic E-state index is -9.84. The Balaban J connectivity index is 2.94. The highest BCUT2D eigenvalue weighted by atomic mass is 32.5. The van der Waals surface area contributed by atoms with Crippen LogP contribution in [-0.4, -0.2) is 0 Å². The Kier molecular flexibility index (Phi) is 2.48. The van der Waals surface area contributed by atoms with Gasteiger partial charge in [0.25, 0.3) is 0 Å². The molecule has 0 unspecified atom stereocenters. The summed E-state index contributed by atoms with van der Waals surface area (Å²) in [5.74, 6) is -0.794. The van der Waals surface area contributed by atoms with Crippen LogP contribution in [0.15, 0.2) is 24.3 Å². The van der Waals surface area contributed by atoms with Crippen LogP contribution in [-0.2, 0) is 0 Å². The van der Waals surface area contributed by atoms with Crippen molar-refractivity contribution >= 4 is 10.5 Å². The zero-order chi connectivity index (χ0) is 12.7. The first-order valence-electron chi connectivity index (χ1n) is 4.41. The molecule has 0 bridgehead atoms. The lowest BCUT2D eigenvalue weighted by Crippen LogP contribution is -2.13. The molecule has 1 aromatic carbocycles. The highest BCUT2D eigenvalue weighted by molar-refractivity contribution is 8.42. The number of rotatable bonds is 3. The Labute approximate surface area is 90.1 Å². The van der Waals surface area contributed by atoms with Crippen LogP contribution in [0.25, 0.3) is 0 Å². The first kappa shape index (κ1) is 13.1. The summed E-state index contributed by atoms with van der Waals surface area (Å²) in [5.41, 5.74) is 0.745. The van der Waals surface area contributed by atoms with Crippen molar-refractivity contribution in [2.45, 2.75) is 19.8 Å². The summed E-state index contributed by atoms with van der Waals surface area (Å²) >= 11 is 0. The summed E-state index contributed by atoms with van der Waals surface area (Å²) in [6.45, 7) is 3.67. The molecule has 0 aliphatic rings. The predicted octanol–water partition coefficient (Wildman–Crippen LogP) is 5.40. The van der Waals surface area contributed by atoms with E-state index in [0.29, 0.717) is 0 Å². The lowest BCUT2D eigenvalue weighted by Gasteiger charge is -2.39. The van der Waals surface area contributed by atoms with Gasteiger partial charge < -0.3 is 4.18 Å². The third-order valence-corrected chi connectivity index (χ3v) is 2.31. The van der Waals surface area contributed by atoms with Crippen molar-refractivity contribution < 1.29 is 23.6 Å². The zero-order valence-electron chi connectivity index (χ0n) is 8.59. The summed E-state index contributed by atoms with van der Waals surface area (Å²) in [6, 6.07) is 4.41. The second kappa shape index (κ2) is 3.03. The Morgan fingerprint density at radius 3 is 1.69 bits per heavy atom. The quantitative estimate of drug-likeness (QED) is 0.662. The van der Waals surface area contributed by atoms with Crippen LogP contribution < -0.4 is 4.18 Å². The third-order valence-electron chi connectivity index (χ3n) is 1.80. The molecule has 1 aromatic rings. The lowest BCUT2D eigenvalue weighted by atomic mass is 10.0. The third kappa shape index (κ3) is 4.69. The fourth-order valence-corrected chi connectivity index (χ4v) is 1.56. The fourth-order valence-electron chi connectivity index (χ4n) is 1.09. The van der Waals surface area contributed by atoms with Crippen molar-refractivity contribution in [3.8, 4) is 5.75 Å². The first-order valence-corrected chi connectivity index (χ1v) is 6.28. The van der Waals surface area contributed by atoms with Gasteiger partial charge in [0.05, 0.1) is 0 Å². The minimum absolute atomic E-state index is 0.106. The van der Waals surface area contributed by atoms with E-state index in [9.17, 15) is 19.4 Å². The molecule has 0 spiro atoms. The van der Waals surface area contributed by atoms with Gasteiger partial charge in [-0.05, 0) is 23.6 Å². The van der Waals surface area contributed by atoms with Crippen LogP contribution in [0.3, 0.4) is 0 Å². The molecular weight excluding hydrogens is 251 g/mol. The zero-order valence-corrected chi connectivity index (χ0v) is 9.41. The molecule has 0 heterocycles. The SMILES string of the molecule is CC(C)c1ccc(OS(F)(F)(F)(F)F)cc1. The van der Waals surface area contributed by atoms with Crippen LogP contribution in [0.5, 0.6) is 5.75 Å². The van der Waals surface area contributed by atoms with Crippen molar-refractivity contribution in [1.82, 2.24) is 0 Å². The molecule has 0 amide bonds. The maximum absolute atomic E-state index is 11.9. The maximum Gasteiger partial charge on any atom is 0.435 e. The molecule has 0 fully saturated rings. The van der Waals surface area contributed by atoms with Gasteiger partial charge in [0.15, 0.2) is 0 Å². The molecule has 1 rings (SSSR count). The topological polar surface area (TPSA) is 9.23 Å². The normalized spacial score (nSPS) is 16.8. The van der Waals surface area contributed by atoms with E-state index in [1.54, 1.807) is 0 Å². The summed E-state index contributed by atoms with van der Waals surface area (Å²) in [7, 11) is -9.84. The molecule has 94 valence electrons. The molecule has 0 atom stereocenters. The molecular formula is C9H11F5OS. The van der Waals surface area contributed by atoms with Gasteiger partial charge in [-0.3, -0.25) is 0 Å². The second-order valence-electron chi connectivity index (χ2n) is 3.71. The van der Waals surface area contributed by atoms with E-state index in [4.69, 9.17) is 0 Å². The van der Waals surface area contributed by atoms with E-state index >= 15 is 0 Å². The smallest absolute Gasteiger partial charge is 0.355 e. The molecule has 16 heavy (non-hydrogen) atoms. The molecule has 0 N–H and O–H groups in total. The minimum Gasteiger partial charge on any atom is -0.355 e. The van der Waals surface area contributed by atoms with E-state index in [2.05, 4.69) is 4.18 Å². The fraction of sp³-hybridized carbons (Fsp3) is 0.333. The van der Waals surface area contributed by atoms with Crippen LogP contribution >= 0.6 is 10.5 Å². The predicted molar refractivity (Wildman–Crippen MR) is 54.3 cm³/mol. The molecule has 0 saturated carbocycles. The average Bonchev–Trinajstić information content (AvgIpc) is 1.99. The highest BCUT2D eigenvalue weighted by Gasteiger charge is 2.67. The monoisotopic (exact) mass is 262 g/mol. The number of benzene rings is 1. The van der Waals surface area contributed by atoms with E-state index in [-0.39, 0.29) is 5.92 Å². The average molecular weight is 262 g/mol. The highest BCUT2D eigenvalue weighted by Crippen LogP contribution is 2.97. The molecule has 0 aliphatic carbocycles. The summed E-state index contributed by atoms with van der Waals surface area (Å²) in [5, 5.41) is 0. The van der Waals surface area contributed by atoms with Gasteiger partial charge in [-0.1, -0.05) is 45.4 Å². The lowest BCUT2D eigenvalue weighted by molar-refractivity contribution is 0.243. The van der Waals surface area contributed by atoms with Gasteiger partial charge in [-0.2, -0.15) is 0 Å². The summed E-state index contributed by atoms with van der Waals surface area (Å²) in [6.07, 6.45) is 0. The van der Waals surface area contributed by atoms with Gasteiger partial charge >= 0.3 is 10.5 Å². The van der Waals surface area contributed by atoms with Crippen molar-refractivity contribution in [2.24, 2.45) is 0 Å². The molecule has 0 saturated heterocycles. The Bertz CT molecular complexity index is 380. The van der Waals surface area contributed by atoms with E-state index in [1.807, 2.05) is 13.8 Å². The molecule has 0 radical (unpaired) electrons. The van der Waals surface area contributed by atoms with Gasteiger partial charge in [-0.25, -0.2) is 0 Å². The van der Waals surface area contributed by atoms with Gasteiger partial charge in [0.1, 0.15) is 5.75 Å². The molecule has 1 nitrogen and oxygen atoms in total. The van der Waals surface area contributed by atoms with Crippen molar-refractivity contribution in [1.29, 1.82) is 0 Å². The largest absolute Gasteiger partial charge is 0.435 e. The molecule has 0 aliphatic heterocycles. The second-order valence-corrected chi connectivity index (χ2v) is 5.67. The van der Waals surface area contributed by atoms with Crippen LogP contribution in [0.1, 0.15) is 25.3 Å². The maximum atomic E-state index is 11.9. The van der Waals surface area contributed by atoms with E-state index in [0.717, 1.165) is 17.7 Å². The van der Waals surface area contributed by atoms with Crippen LogP contribution in [0, 0.1) is 0 Å². The Morgan fingerprint density at radius 2 is 1.38 bits per heavy atom. The molecule has 7 heteroatoms. The molecule has 0 aromatic heterocycles. The number of hydrogen-bond acceptors (Lipinski definition) is 1. The van der Waals surface area contributed by atoms with Gasteiger partial charge in [0.2, 0.25) is 0 Å². The summed E-state index contributed by atoms with van der Waals surface area (Å²) < 4.78 is 62.6. The van der Waals surface area contributed by atoms with Crippen LogP contribution in [0.4, 0.5) is 19.4 Å².